The summed E-state index contributed by atoms with van der Waals surface area (Å²) < 4.78 is 25.9. The molecule has 0 aromatic heterocycles. The third kappa shape index (κ3) is 7.10. The molecular formula is C9H21N3O2S2. The molecule has 1 atom stereocenters. The number of nitrogens with two attached hydrogens (primary N) is 1. The van der Waals surface area contributed by atoms with Crippen LogP contribution in [0.1, 0.15) is 13.8 Å². The van der Waals surface area contributed by atoms with Crippen molar-refractivity contribution in [1.82, 2.24) is 9.62 Å². The van der Waals surface area contributed by atoms with E-state index in [1.54, 1.807) is 0 Å². The minimum absolute atomic E-state index is 0.0140. The molecule has 0 saturated carbocycles. The summed E-state index contributed by atoms with van der Waals surface area (Å²) in [5.74, 6) is -0.0811. The van der Waals surface area contributed by atoms with Gasteiger partial charge in [-0.05, 0) is 20.0 Å². The molecule has 0 heterocycles. The van der Waals surface area contributed by atoms with Crippen molar-refractivity contribution in [1.29, 1.82) is 0 Å². The van der Waals surface area contributed by atoms with E-state index in [4.69, 9.17) is 5.73 Å². The number of hydrogen-bond acceptors (Lipinski definition) is 4. The Bertz CT molecular complexity index is 326. The first-order chi connectivity index (χ1) is 7.14. The first-order valence-corrected chi connectivity index (χ1v) is 7.13. The van der Waals surface area contributed by atoms with Gasteiger partial charge in [-0.3, -0.25) is 0 Å². The summed E-state index contributed by atoms with van der Waals surface area (Å²) in [5.41, 5.74) is 5.23. The molecule has 0 bridgehead atoms. The molecule has 0 aliphatic carbocycles. The van der Waals surface area contributed by atoms with Crippen LogP contribution in [0, 0.1) is 5.92 Å². The summed E-state index contributed by atoms with van der Waals surface area (Å²) in [6.45, 7) is 4.59. The third-order valence-corrected chi connectivity index (χ3v) is 3.71. The van der Waals surface area contributed by atoms with Gasteiger partial charge in [0.1, 0.15) is 5.75 Å². The maximum atomic E-state index is 11.6. The average molecular weight is 267 g/mol. The van der Waals surface area contributed by atoms with Gasteiger partial charge in [-0.2, -0.15) is 0 Å². The SMILES string of the molecule is CC(C)C(CN(C)C)NS(=O)(=O)CC(N)=S. The molecule has 0 saturated heterocycles. The van der Waals surface area contributed by atoms with Gasteiger partial charge in [0.15, 0.2) is 0 Å². The fourth-order valence-corrected chi connectivity index (χ4v) is 2.97. The lowest BCUT2D eigenvalue weighted by molar-refractivity contribution is 0.314. The van der Waals surface area contributed by atoms with Crippen LogP contribution in [0.2, 0.25) is 0 Å². The summed E-state index contributed by atoms with van der Waals surface area (Å²) in [6, 6.07) is -0.130. The van der Waals surface area contributed by atoms with Crippen molar-refractivity contribution >= 4 is 27.2 Å². The Hall–Kier alpha value is -0.240. The molecule has 0 spiro atoms. The Morgan fingerprint density at radius 1 is 1.44 bits per heavy atom. The molecule has 7 heteroatoms. The first-order valence-electron chi connectivity index (χ1n) is 5.07. The van der Waals surface area contributed by atoms with Crippen molar-refractivity contribution in [3.63, 3.8) is 0 Å². The predicted molar refractivity (Wildman–Crippen MR) is 70.9 cm³/mol. The van der Waals surface area contributed by atoms with Gasteiger partial charge in [-0.25, -0.2) is 13.1 Å². The van der Waals surface area contributed by atoms with Crippen LogP contribution < -0.4 is 10.5 Å². The van der Waals surface area contributed by atoms with Gasteiger partial charge in [-0.1, -0.05) is 26.1 Å². The van der Waals surface area contributed by atoms with Crippen LogP contribution in [0.15, 0.2) is 0 Å². The van der Waals surface area contributed by atoms with Crippen LogP contribution >= 0.6 is 12.2 Å². The summed E-state index contributed by atoms with van der Waals surface area (Å²) in [6.07, 6.45) is 0. The molecule has 0 aliphatic heterocycles. The van der Waals surface area contributed by atoms with Crippen LogP contribution in [0.5, 0.6) is 0 Å². The van der Waals surface area contributed by atoms with Crippen molar-refractivity contribution in [3.8, 4) is 0 Å². The highest BCUT2D eigenvalue weighted by Crippen LogP contribution is 2.04. The summed E-state index contributed by atoms with van der Waals surface area (Å²) >= 11 is 4.60. The van der Waals surface area contributed by atoms with E-state index in [0.29, 0.717) is 6.54 Å². The van der Waals surface area contributed by atoms with Gasteiger partial charge < -0.3 is 10.6 Å². The quantitative estimate of drug-likeness (QED) is 0.624. The van der Waals surface area contributed by atoms with E-state index in [2.05, 4.69) is 16.9 Å². The fourth-order valence-electron chi connectivity index (χ4n) is 1.24. The second kappa shape index (κ2) is 6.48. The zero-order valence-electron chi connectivity index (χ0n) is 10.2. The molecule has 0 aromatic carbocycles. The van der Waals surface area contributed by atoms with E-state index in [0.717, 1.165) is 0 Å². The van der Waals surface area contributed by atoms with Crippen molar-refractivity contribution in [3.05, 3.63) is 0 Å². The third-order valence-electron chi connectivity index (χ3n) is 2.03. The molecule has 0 rings (SSSR count). The van der Waals surface area contributed by atoms with Crippen LogP contribution in [-0.2, 0) is 10.0 Å². The Kier molecular flexibility index (Phi) is 6.39. The minimum Gasteiger partial charge on any atom is -0.392 e. The molecule has 0 aliphatic rings. The fraction of sp³-hybridized carbons (Fsp3) is 0.889. The van der Waals surface area contributed by atoms with E-state index in [-0.39, 0.29) is 22.7 Å². The normalized spacial score (nSPS) is 14.4. The van der Waals surface area contributed by atoms with Crippen molar-refractivity contribution in [2.75, 3.05) is 26.4 Å². The Morgan fingerprint density at radius 3 is 2.25 bits per heavy atom. The maximum Gasteiger partial charge on any atom is 0.218 e. The standard InChI is InChI=1S/C9H21N3O2S2/c1-7(2)8(5-12(3)4)11-16(13,14)6-9(10)15/h7-8,11H,5-6H2,1-4H3,(H2,10,15). The van der Waals surface area contributed by atoms with Gasteiger partial charge in [0.25, 0.3) is 0 Å². The van der Waals surface area contributed by atoms with Crippen LogP contribution in [0.25, 0.3) is 0 Å². The van der Waals surface area contributed by atoms with E-state index in [1.807, 2.05) is 32.8 Å². The molecule has 5 nitrogen and oxygen atoms in total. The summed E-state index contributed by atoms with van der Waals surface area (Å²) in [4.78, 5) is 1.92. The van der Waals surface area contributed by atoms with E-state index in [9.17, 15) is 8.42 Å². The molecular weight excluding hydrogens is 246 g/mol. The largest absolute Gasteiger partial charge is 0.392 e. The molecule has 1 unspecified atom stereocenters. The number of sulfonamides is 1. The smallest absolute Gasteiger partial charge is 0.218 e. The van der Waals surface area contributed by atoms with Gasteiger partial charge >= 0.3 is 0 Å². The molecule has 96 valence electrons. The van der Waals surface area contributed by atoms with E-state index < -0.39 is 10.0 Å². The van der Waals surface area contributed by atoms with Crippen molar-refractivity contribution in [2.24, 2.45) is 11.7 Å². The molecule has 16 heavy (non-hydrogen) atoms. The molecule has 0 aromatic rings. The Balaban J connectivity index is 4.56. The van der Waals surface area contributed by atoms with Crippen molar-refractivity contribution < 1.29 is 8.42 Å². The van der Waals surface area contributed by atoms with E-state index >= 15 is 0 Å². The zero-order chi connectivity index (χ0) is 12.9. The summed E-state index contributed by atoms with van der Waals surface area (Å²) in [5, 5.41) is 0. The molecule has 3 N–H and O–H groups in total. The molecule has 0 amide bonds. The van der Waals surface area contributed by atoms with Crippen LogP contribution in [0.3, 0.4) is 0 Å². The average Bonchev–Trinajstić information content (AvgIpc) is 1.98. The lowest BCUT2D eigenvalue weighted by Crippen LogP contribution is -2.46. The highest BCUT2D eigenvalue weighted by atomic mass is 32.2. The monoisotopic (exact) mass is 267 g/mol. The maximum absolute atomic E-state index is 11.6. The highest BCUT2D eigenvalue weighted by Gasteiger charge is 2.21. The van der Waals surface area contributed by atoms with Gasteiger partial charge in [0.2, 0.25) is 10.0 Å². The summed E-state index contributed by atoms with van der Waals surface area (Å²) in [7, 11) is 0.387. The second-order valence-corrected chi connectivity index (χ2v) is 6.73. The number of rotatable bonds is 7. The zero-order valence-corrected chi connectivity index (χ0v) is 11.9. The van der Waals surface area contributed by atoms with Crippen LogP contribution in [0.4, 0.5) is 0 Å². The lowest BCUT2D eigenvalue weighted by Gasteiger charge is -2.25. The number of thiocarbonyl (C=S) groups is 1. The van der Waals surface area contributed by atoms with Crippen molar-refractivity contribution in [2.45, 2.75) is 19.9 Å². The first kappa shape index (κ1) is 15.8. The Labute approximate surface area is 103 Å². The number of hydrogen-bond donors (Lipinski definition) is 2. The number of likely N-dealkylation sites (N-methyl/N-ethyl adjacent to an activating group) is 1. The number of nitrogens with one attached hydrogen (secondary N) is 1. The number of nitrogens with zero attached hydrogens (tertiary/aromatic N) is 1. The lowest BCUT2D eigenvalue weighted by atomic mass is 10.1. The molecule has 0 fully saturated rings. The highest BCUT2D eigenvalue weighted by molar-refractivity contribution is 7.92. The molecule has 0 radical (unpaired) electrons. The van der Waals surface area contributed by atoms with Gasteiger partial charge in [0, 0.05) is 12.6 Å². The predicted octanol–water partition coefficient (Wildman–Crippen LogP) is -0.222. The second-order valence-electron chi connectivity index (χ2n) is 4.46. The topological polar surface area (TPSA) is 75.4 Å². The van der Waals surface area contributed by atoms with E-state index in [1.165, 1.54) is 0 Å². The Morgan fingerprint density at radius 2 is 1.94 bits per heavy atom. The minimum atomic E-state index is -3.41. The van der Waals surface area contributed by atoms with Gasteiger partial charge in [-0.15, -0.1) is 0 Å². The van der Waals surface area contributed by atoms with Gasteiger partial charge in [0.05, 0.1) is 4.99 Å². The van der Waals surface area contributed by atoms with Crippen LogP contribution in [-0.4, -0.2) is 50.7 Å².